The monoisotopic (exact) mass is 289 g/mol. The summed E-state index contributed by atoms with van der Waals surface area (Å²) in [6.45, 7) is 5.45. The first-order valence-electron chi connectivity index (χ1n) is 7.94. The number of fused-ring (bicyclic) bond motifs is 1. The van der Waals surface area contributed by atoms with Crippen LogP contribution in [-0.4, -0.2) is 6.54 Å². The summed E-state index contributed by atoms with van der Waals surface area (Å²) >= 11 is 0. The summed E-state index contributed by atoms with van der Waals surface area (Å²) < 4.78 is 0. The topological polar surface area (TPSA) is 12.0 Å². The maximum atomic E-state index is 3.69. The van der Waals surface area contributed by atoms with Crippen molar-refractivity contribution >= 4 is 10.8 Å². The Bertz CT molecular complexity index is 739. The van der Waals surface area contributed by atoms with Crippen LogP contribution in [0.4, 0.5) is 0 Å². The molecular formula is C21H23N. The zero-order valence-corrected chi connectivity index (χ0v) is 13.3. The molecular weight excluding hydrogens is 266 g/mol. The van der Waals surface area contributed by atoms with Crippen LogP contribution in [0.5, 0.6) is 0 Å². The van der Waals surface area contributed by atoms with Crippen LogP contribution in [0.2, 0.25) is 0 Å². The molecule has 0 bridgehead atoms. The van der Waals surface area contributed by atoms with Gasteiger partial charge in [0.25, 0.3) is 0 Å². The minimum atomic E-state index is -0.00809. The number of hydrogen-bond acceptors (Lipinski definition) is 1. The molecule has 0 saturated carbocycles. The first kappa shape index (κ1) is 14.8. The molecule has 0 saturated heterocycles. The van der Waals surface area contributed by atoms with Gasteiger partial charge in [0.15, 0.2) is 0 Å². The molecule has 112 valence electrons. The number of nitrogens with one attached hydrogen (secondary N) is 1. The van der Waals surface area contributed by atoms with Gasteiger partial charge in [0, 0.05) is 12.1 Å². The fourth-order valence-corrected chi connectivity index (χ4v) is 2.98. The third-order valence-electron chi connectivity index (χ3n) is 4.34. The maximum Gasteiger partial charge on any atom is 0.0377 e. The standard InChI is InChI=1S/C21H23N/c1-21(2,19-12-4-3-5-13-19)22-16-15-18-11-8-10-17-9-6-7-14-20(17)18/h3-14,22H,15-16H2,1-2H3. The van der Waals surface area contributed by atoms with Crippen LogP contribution < -0.4 is 5.32 Å². The van der Waals surface area contributed by atoms with E-state index in [1.165, 1.54) is 21.9 Å². The highest BCUT2D eigenvalue weighted by Gasteiger charge is 2.18. The molecule has 0 heterocycles. The molecule has 0 aliphatic carbocycles. The second kappa shape index (κ2) is 6.33. The molecule has 3 rings (SSSR count). The van der Waals surface area contributed by atoms with E-state index in [-0.39, 0.29) is 5.54 Å². The molecule has 0 amide bonds. The van der Waals surface area contributed by atoms with Crippen molar-refractivity contribution in [1.29, 1.82) is 0 Å². The summed E-state index contributed by atoms with van der Waals surface area (Å²) in [6.07, 6.45) is 1.04. The van der Waals surface area contributed by atoms with Crippen LogP contribution >= 0.6 is 0 Å². The van der Waals surface area contributed by atoms with E-state index in [0.717, 1.165) is 13.0 Å². The fraction of sp³-hybridized carbons (Fsp3) is 0.238. The highest BCUT2D eigenvalue weighted by Crippen LogP contribution is 2.21. The summed E-state index contributed by atoms with van der Waals surface area (Å²) in [5, 5.41) is 6.38. The molecule has 0 fully saturated rings. The van der Waals surface area contributed by atoms with E-state index in [4.69, 9.17) is 0 Å². The molecule has 3 aromatic carbocycles. The molecule has 1 nitrogen and oxygen atoms in total. The smallest absolute Gasteiger partial charge is 0.0377 e. The van der Waals surface area contributed by atoms with Gasteiger partial charge in [0.05, 0.1) is 0 Å². The predicted molar refractivity (Wildman–Crippen MR) is 95.1 cm³/mol. The second-order valence-electron chi connectivity index (χ2n) is 6.31. The molecule has 0 atom stereocenters. The molecule has 1 N–H and O–H groups in total. The van der Waals surface area contributed by atoms with E-state index in [9.17, 15) is 0 Å². The molecule has 0 aromatic heterocycles. The van der Waals surface area contributed by atoms with Crippen molar-refractivity contribution in [2.24, 2.45) is 0 Å². The van der Waals surface area contributed by atoms with Crippen LogP contribution in [-0.2, 0) is 12.0 Å². The van der Waals surface area contributed by atoms with E-state index >= 15 is 0 Å². The molecule has 0 spiro atoms. The van der Waals surface area contributed by atoms with Gasteiger partial charge in [-0.1, -0.05) is 72.8 Å². The summed E-state index contributed by atoms with van der Waals surface area (Å²) in [7, 11) is 0. The molecule has 22 heavy (non-hydrogen) atoms. The Morgan fingerprint density at radius 3 is 2.27 bits per heavy atom. The number of benzene rings is 3. The van der Waals surface area contributed by atoms with Crippen molar-refractivity contribution in [3.8, 4) is 0 Å². The molecule has 0 aliphatic rings. The summed E-state index contributed by atoms with van der Waals surface area (Å²) in [5.74, 6) is 0. The Labute approximate surface area is 133 Å². The van der Waals surface area contributed by atoms with E-state index in [2.05, 4.69) is 92.0 Å². The highest BCUT2D eigenvalue weighted by molar-refractivity contribution is 5.85. The fourth-order valence-electron chi connectivity index (χ4n) is 2.98. The zero-order chi connectivity index (χ0) is 15.4. The number of hydrogen-bond donors (Lipinski definition) is 1. The van der Waals surface area contributed by atoms with Crippen molar-refractivity contribution in [3.63, 3.8) is 0 Å². The summed E-state index contributed by atoms with van der Waals surface area (Å²) in [6, 6.07) is 25.8. The Kier molecular flexibility index (Phi) is 4.26. The van der Waals surface area contributed by atoms with Gasteiger partial charge in [0.1, 0.15) is 0 Å². The van der Waals surface area contributed by atoms with Crippen molar-refractivity contribution in [1.82, 2.24) is 5.32 Å². The third kappa shape index (κ3) is 3.20. The van der Waals surface area contributed by atoms with Gasteiger partial charge >= 0.3 is 0 Å². The Balaban J connectivity index is 1.70. The normalized spacial score (nSPS) is 11.7. The Morgan fingerprint density at radius 2 is 1.45 bits per heavy atom. The lowest BCUT2D eigenvalue weighted by Gasteiger charge is -2.27. The lowest BCUT2D eigenvalue weighted by molar-refractivity contribution is 0.407. The lowest BCUT2D eigenvalue weighted by atomic mass is 9.94. The van der Waals surface area contributed by atoms with Gasteiger partial charge in [0.2, 0.25) is 0 Å². The molecule has 0 aliphatic heterocycles. The highest BCUT2D eigenvalue weighted by atomic mass is 14.9. The quantitative estimate of drug-likeness (QED) is 0.704. The number of rotatable bonds is 5. The minimum Gasteiger partial charge on any atom is -0.307 e. The first-order chi connectivity index (χ1) is 10.7. The summed E-state index contributed by atoms with van der Waals surface area (Å²) in [5.41, 5.74) is 2.73. The molecule has 0 radical (unpaired) electrons. The average molecular weight is 289 g/mol. The molecule has 1 heteroatoms. The predicted octanol–water partition coefficient (Wildman–Crippen LogP) is 4.91. The van der Waals surface area contributed by atoms with Crippen molar-refractivity contribution in [3.05, 3.63) is 83.9 Å². The molecule has 0 unspecified atom stereocenters. The van der Waals surface area contributed by atoms with E-state index in [1.54, 1.807) is 0 Å². The van der Waals surface area contributed by atoms with Gasteiger partial charge in [-0.15, -0.1) is 0 Å². The maximum absolute atomic E-state index is 3.69. The largest absolute Gasteiger partial charge is 0.307 e. The summed E-state index contributed by atoms with van der Waals surface area (Å²) in [4.78, 5) is 0. The van der Waals surface area contributed by atoms with Gasteiger partial charge < -0.3 is 5.32 Å². The van der Waals surface area contributed by atoms with Crippen molar-refractivity contribution in [2.75, 3.05) is 6.54 Å². The SMILES string of the molecule is CC(C)(NCCc1cccc2ccccc12)c1ccccc1. The van der Waals surface area contributed by atoms with Crippen LogP contribution in [0, 0.1) is 0 Å². The van der Waals surface area contributed by atoms with Gasteiger partial charge in [-0.05, 0) is 42.2 Å². The van der Waals surface area contributed by atoms with Crippen molar-refractivity contribution < 1.29 is 0 Å². The van der Waals surface area contributed by atoms with Crippen LogP contribution in [0.15, 0.2) is 72.8 Å². The van der Waals surface area contributed by atoms with Crippen LogP contribution in [0.1, 0.15) is 25.0 Å². The van der Waals surface area contributed by atoms with Gasteiger partial charge in [-0.2, -0.15) is 0 Å². The lowest BCUT2D eigenvalue weighted by Crippen LogP contribution is -2.37. The van der Waals surface area contributed by atoms with Crippen LogP contribution in [0.3, 0.4) is 0 Å². The van der Waals surface area contributed by atoms with Crippen LogP contribution in [0.25, 0.3) is 10.8 Å². The minimum absolute atomic E-state index is 0.00809. The second-order valence-corrected chi connectivity index (χ2v) is 6.31. The van der Waals surface area contributed by atoms with E-state index in [1.807, 2.05) is 0 Å². The van der Waals surface area contributed by atoms with Gasteiger partial charge in [-0.25, -0.2) is 0 Å². The van der Waals surface area contributed by atoms with E-state index < -0.39 is 0 Å². The first-order valence-corrected chi connectivity index (χ1v) is 7.94. The Hall–Kier alpha value is -2.12. The molecule has 3 aromatic rings. The van der Waals surface area contributed by atoms with E-state index in [0.29, 0.717) is 0 Å². The van der Waals surface area contributed by atoms with Crippen molar-refractivity contribution in [2.45, 2.75) is 25.8 Å². The zero-order valence-electron chi connectivity index (χ0n) is 13.3. The average Bonchev–Trinajstić information content (AvgIpc) is 2.56. The Morgan fingerprint density at radius 1 is 0.773 bits per heavy atom. The van der Waals surface area contributed by atoms with Gasteiger partial charge in [-0.3, -0.25) is 0 Å². The third-order valence-corrected chi connectivity index (χ3v) is 4.34.